The van der Waals surface area contributed by atoms with Crippen molar-refractivity contribution in [1.82, 2.24) is 0 Å². The van der Waals surface area contributed by atoms with Crippen molar-refractivity contribution in [3.05, 3.63) is 28.8 Å². The molecule has 0 aromatic heterocycles. The summed E-state index contributed by atoms with van der Waals surface area (Å²) < 4.78 is 0. The van der Waals surface area contributed by atoms with Gasteiger partial charge in [0.15, 0.2) is 0 Å². The number of benzene rings is 1. The van der Waals surface area contributed by atoms with Crippen LogP contribution in [0.25, 0.3) is 0 Å². The molecule has 0 spiro atoms. The number of hydrogen-bond donors (Lipinski definition) is 2. The number of rotatable bonds is 4. The molecule has 1 amide bonds. The van der Waals surface area contributed by atoms with Gasteiger partial charge in [0.05, 0.1) is 16.3 Å². The van der Waals surface area contributed by atoms with Crippen LogP contribution in [0.3, 0.4) is 0 Å². The topological polar surface area (TPSA) is 66.4 Å². The van der Waals surface area contributed by atoms with Gasteiger partial charge in [0.25, 0.3) is 0 Å². The molecule has 0 unspecified atom stereocenters. The first-order chi connectivity index (χ1) is 9.56. The smallest absolute Gasteiger partial charge is 0.335 e. The van der Waals surface area contributed by atoms with Gasteiger partial charge in [-0.3, -0.25) is 4.79 Å². The third kappa shape index (κ3) is 4.15. The summed E-state index contributed by atoms with van der Waals surface area (Å²) in [6.45, 7) is 0. The molecule has 2 N–H and O–H groups in total. The second kappa shape index (κ2) is 6.99. The molecule has 0 saturated carbocycles. The predicted molar refractivity (Wildman–Crippen MR) is 81.7 cm³/mol. The number of carboxylic acids is 1. The summed E-state index contributed by atoms with van der Waals surface area (Å²) in [6.07, 6.45) is 2.58. The minimum absolute atomic E-state index is 0.105. The fourth-order valence-corrected chi connectivity index (χ4v) is 3.54. The van der Waals surface area contributed by atoms with Crippen LogP contribution in [0.5, 0.6) is 0 Å². The molecule has 2 rings (SSSR count). The Morgan fingerprint density at radius 2 is 2.05 bits per heavy atom. The van der Waals surface area contributed by atoms with Crippen LogP contribution >= 0.6 is 23.4 Å². The molecule has 0 aliphatic carbocycles. The number of thioether (sulfide) groups is 1. The zero-order valence-electron chi connectivity index (χ0n) is 10.9. The monoisotopic (exact) mass is 313 g/mol. The molecule has 0 atom stereocenters. The number of halogens is 1. The number of hydrogen-bond acceptors (Lipinski definition) is 3. The fourth-order valence-electron chi connectivity index (χ4n) is 2.17. The van der Waals surface area contributed by atoms with Crippen LogP contribution in [-0.4, -0.2) is 28.5 Å². The highest BCUT2D eigenvalue weighted by molar-refractivity contribution is 7.99. The van der Waals surface area contributed by atoms with Crippen LogP contribution < -0.4 is 5.32 Å². The lowest BCUT2D eigenvalue weighted by atomic mass is 9.98. The number of amides is 1. The van der Waals surface area contributed by atoms with Gasteiger partial charge in [-0.1, -0.05) is 11.6 Å². The lowest BCUT2D eigenvalue weighted by Gasteiger charge is -2.20. The average Bonchev–Trinajstić information content (AvgIpc) is 2.42. The molecule has 0 bridgehead atoms. The van der Waals surface area contributed by atoms with Crippen molar-refractivity contribution in [1.29, 1.82) is 0 Å². The van der Waals surface area contributed by atoms with Gasteiger partial charge in [-0.25, -0.2) is 4.79 Å². The van der Waals surface area contributed by atoms with Crippen LogP contribution in [0.4, 0.5) is 5.69 Å². The fraction of sp³-hybridized carbons (Fsp3) is 0.429. The largest absolute Gasteiger partial charge is 0.478 e. The first-order valence-corrected chi connectivity index (χ1v) is 8.00. The van der Waals surface area contributed by atoms with Crippen LogP contribution in [0.2, 0.25) is 5.02 Å². The van der Waals surface area contributed by atoms with Gasteiger partial charge in [0.1, 0.15) is 0 Å². The predicted octanol–water partition coefficient (Wildman–Crippen LogP) is 3.51. The van der Waals surface area contributed by atoms with E-state index in [-0.39, 0.29) is 11.5 Å². The molecule has 6 heteroatoms. The normalized spacial score (nSPS) is 15.8. The molecule has 1 saturated heterocycles. The van der Waals surface area contributed by atoms with Gasteiger partial charge in [-0.15, -0.1) is 0 Å². The molecule has 1 aromatic carbocycles. The standard InChI is InChI=1S/C14H16ClNO3S/c15-11-2-1-10(14(18)19)8-12(11)16-13(17)7-9-3-5-20-6-4-9/h1-2,8-9H,3-7H2,(H,16,17)(H,18,19). The van der Waals surface area contributed by atoms with Crippen molar-refractivity contribution < 1.29 is 14.7 Å². The Balaban J connectivity index is 1.99. The summed E-state index contributed by atoms with van der Waals surface area (Å²) in [5.74, 6) is 1.48. The minimum atomic E-state index is -1.04. The summed E-state index contributed by atoms with van der Waals surface area (Å²) in [7, 11) is 0. The average molecular weight is 314 g/mol. The van der Waals surface area contributed by atoms with E-state index in [0.29, 0.717) is 23.0 Å². The Labute approximate surface area is 126 Å². The van der Waals surface area contributed by atoms with E-state index >= 15 is 0 Å². The Bertz CT molecular complexity index is 515. The van der Waals surface area contributed by atoms with Crippen molar-refractivity contribution in [3.8, 4) is 0 Å². The van der Waals surface area contributed by atoms with E-state index in [1.54, 1.807) is 0 Å². The number of carbonyl (C=O) groups excluding carboxylic acids is 1. The lowest BCUT2D eigenvalue weighted by Crippen LogP contribution is -2.20. The van der Waals surface area contributed by atoms with E-state index in [2.05, 4.69) is 5.32 Å². The van der Waals surface area contributed by atoms with Gasteiger partial charge in [0.2, 0.25) is 5.91 Å². The van der Waals surface area contributed by atoms with Crippen molar-refractivity contribution in [2.24, 2.45) is 5.92 Å². The Morgan fingerprint density at radius 1 is 1.35 bits per heavy atom. The summed E-state index contributed by atoms with van der Waals surface area (Å²) in [4.78, 5) is 22.9. The Kier molecular flexibility index (Phi) is 5.31. The quantitative estimate of drug-likeness (QED) is 0.892. The van der Waals surface area contributed by atoms with E-state index in [0.717, 1.165) is 24.3 Å². The molecule has 1 aliphatic rings. The second-order valence-corrected chi connectivity index (χ2v) is 6.44. The Hall–Kier alpha value is -1.20. The van der Waals surface area contributed by atoms with E-state index < -0.39 is 5.97 Å². The van der Waals surface area contributed by atoms with Crippen molar-refractivity contribution in [2.45, 2.75) is 19.3 Å². The zero-order chi connectivity index (χ0) is 14.5. The van der Waals surface area contributed by atoms with Crippen molar-refractivity contribution in [2.75, 3.05) is 16.8 Å². The molecule has 20 heavy (non-hydrogen) atoms. The minimum Gasteiger partial charge on any atom is -0.478 e. The third-order valence-corrected chi connectivity index (χ3v) is 4.68. The molecule has 1 aromatic rings. The number of anilines is 1. The van der Waals surface area contributed by atoms with E-state index in [1.807, 2.05) is 11.8 Å². The highest BCUT2D eigenvalue weighted by atomic mass is 35.5. The van der Waals surface area contributed by atoms with Crippen LogP contribution in [0.1, 0.15) is 29.6 Å². The number of carboxylic acid groups (broad SMARTS) is 1. The summed E-state index contributed by atoms with van der Waals surface area (Å²) >= 11 is 7.90. The van der Waals surface area contributed by atoms with Crippen molar-refractivity contribution in [3.63, 3.8) is 0 Å². The molecule has 1 heterocycles. The molecule has 108 valence electrons. The maximum Gasteiger partial charge on any atom is 0.335 e. The molecule has 1 aliphatic heterocycles. The first kappa shape index (κ1) is 15.2. The van der Waals surface area contributed by atoms with Crippen LogP contribution in [0, 0.1) is 5.92 Å². The highest BCUT2D eigenvalue weighted by Gasteiger charge is 2.18. The van der Waals surface area contributed by atoms with E-state index in [9.17, 15) is 9.59 Å². The lowest BCUT2D eigenvalue weighted by molar-refractivity contribution is -0.117. The van der Waals surface area contributed by atoms with E-state index in [1.165, 1.54) is 18.2 Å². The molecule has 1 fully saturated rings. The van der Waals surface area contributed by atoms with Crippen LogP contribution in [0.15, 0.2) is 18.2 Å². The Morgan fingerprint density at radius 3 is 2.70 bits per heavy atom. The van der Waals surface area contributed by atoms with Gasteiger partial charge < -0.3 is 10.4 Å². The molecule has 0 radical (unpaired) electrons. The van der Waals surface area contributed by atoms with Crippen molar-refractivity contribution >= 4 is 40.9 Å². The molecular weight excluding hydrogens is 298 g/mol. The number of nitrogens with one attached hydrogen (secondary N) is 1. The van der Waals surface area contributed by atoms with Crippen LogP contribution in [-0.2, 0) is 4.79 Å². The number of aromatic carboxylic acids is 1. The summed E-state index contributed by atoms with van der Waals surface area (Å²) in [6, 6.07) is 4.29. The van der Waals surface area contributed by atoms with Gasteiger partial charge in [-0.05, 0) is 48.5 Å². The third-order valence-electron chi connectivity index (χ3n) is 3.30. The van der Waals surface area contributed by atoms with Gasteiger partial charge >= 0.3 is 5.97 Å². The van der Waals surface area contributed by atoms with Gasteiger partial charge in [0, 0.05) is 6.42 Å². The SMILES string of the molecule is O=C(CC1CCSCC1)Nc1cc(C(=O)O)ccc1Cl. The maximum atomic E-state index is 12.0. The maximum absolute atomic E-state index is 12.0. The highest BCUT2D eigenvalue weighted by Crippen LogP contribution is 2.27. The number of carbonyl (C=O) groups is 2. The second-order valence-electron chi connectivity index (χ2n) is 4.81. The summed E-state index contributed by atoms with van der Waals surface area (Å²) in [5, 5.41) is 12.0. The van der Waals surface area contributed by atoms with E-state index in [4.69, 9.17) is 16.7 Å². The first-order valence-electron chi connectivity index (χ1n) is 6.46. The molecular formula is C14H16ClNO3S. The molecule has 4 nitrogen and oxygen atoms in total. The zero-order valence-corrected chi connectivity index (χ0v) is 12.5. The summed E-state index contributed by atoms with van der Waals surface area (Å²) in [5.41, 5.74) is 0.473. The van der Waals surface area contributed by atoms with Gasteiger partial charge in [-0.2, -0.15) is 11.8 Å².